The standard InChI is InChI=1S/C24H25N5O2/c1-27-12-6-14-29(23-22(27)25-19-9-2-3-10-20(19)26-23)24(31)18-8-4-7-17(15-18)16-28-13-5-11-21(28)30/h2-4,7-10,15H,5-6,11-14,16H2,1H3. The molecule has 0 bridgehead atoms. The molecule has 2 aliphatic rings. The Morgan fingerprint density at radius 3 is 2.45 bits per heavy atom. The normalized spacial score (nSPS) is 16.5. The van der Waals surface area contributed by atoms with E-state index in [0.717, 1.165) is 48.3 Å². The maximum Gasteiger partial charge on any atom is 0.259 e. The third-order valence-electron chi connectivity index (χ3n) is 5.99. The van der Waals surface area contributed by atoms with Crippen LogP contribution in [-0.2, 0) is 11.3 Å². The number of para-hydroxylation sites is 2. The molecule has 3 heterocycles. The molecule has 1 fully saturated rings. The molecule has 2 aromatic carbocycles. The molecule has 0 N–H and O–H groups in total. The Morgan fingerprint density at radius 2 is 1.71 bits per heavy atom. The number of rotatable bonds is 3. The van der Waals surface area contributed by atoms with Crippen LogP contribution in [0.3, 0.4) is 0 Å². The SMILES string of the molecule is CN1CCCN(C(=O)c2cccc(CN3CCCC3=O)c2)c2nc3ccccc3nc21. The van der Waals surface area contributed by atoms with Crippen LogP contribution in [0.4, 0.5) is 11.6 Å². The zero-order chi connectivity index (χ0) is 21.4. The van der Waals surface area contributed by atoms with Gasteiger partial charge in [0.1, 0.15) is 0 Å². The van der Waals surface area contributed by atoms with E-state index in [2.05, 4.69) is 4.90 Å². The number of benzene rings is 2. The average molecular weight is 415 g/mol. The fourth-order valence-corrected chi connectivity index (χ4v) is 4.34. The summed E-state index contributed by atoms with van der Waals surface area (Å²) in [5.74, 6) is 1.42. The number of hydrogen-bond acceptors (Lipinski definition) is 5. The van der Waals surface area contributed by atoms with E-state index in [4.69, 9.17) is 9.97 Å². The topological polar surface area (TPSA) is 69.6 Å². The first kappa shape index (κ1) is 19.5. The van der Waals surface area contributed by atoms with E-state index in [1.165, 1.54) is 0 Å². The molecule has 0 spiro atoms. The molecule has 0 atom stereocenters. The van der Waals surface area contributed by atoms with E-state index >= 15 is 0 Å². The molecule has 7 heteroatoms. The predicted molar refractivity (Wildman–Crippen MR) is 120 cm³/mol. The Hall–Kier alpha value is -3.48. The Morgan fingerprint density at radius 1 is 0.935 bits per heavy atom. The number of anilines is 2. The van der Waals surface area contributed by atoms with E-state index < -0.39 is 0 Å². The molecule has 3 aromatic rings. The minimum absolute atomic E-state index is 0.0873. The first-order valence-corrected chi connectivity index (χ1v) is 10.8. The second-order valence-corrected chi connectivity index (χ2v) is 8.21. The summed E-state index contributed by atoms with van der Waals surface area (Å²) in [5, 5.41) is 0. The van der Waals surface area contributed by atoms with E-state index in [-0.39, 0.29) is 11.8 Å². The molecule has 0 unspecified atom stereocenters. The van der Waals surface area contributed by atoms with Gasteiger partial charge in [-0.15, -0.1) is 0 Å². The van der Waals surface area contributed by atoms with Crippen LogP contribution in [-0.4, -0.2) is 53.4 Å². The van der Waals surface area contributed by atoms with Crippen molar-refractivity contribution in [2.75, 3.05) is 36.5 Å². The lowest BCUT2D eigenvalue weighted by Gasteiger charge is -2.23. The summed E-state index contributed by atoms with van der Waals surface area (Å²) >= 11 is 0. The molecule has 0 saturated carbocycles. The Kier molecular flexibility index (Phi) is 5.02. The van der Waals surface area contributed by atoms with Crippen molar-refractivity contribution in [1.82, 2.24) is 14.9 Å². The number of likely N-dealkylation sites (tertiary alicyclic amines) is 1. The average Bonchev–Trinajstić information content (AvgIpc) is 3.12. The Labute approximate surface area is 181 Å². The minimum Gasteiger partial charge on any atom is -0.357 e. The molecule has 2 amide bonds. The van der Waals surface area contributed by atoms with Crippen LogP contribution in [0.1, 0.15) is 35.2 Å². The summed E-state index contributed by atoms with van der Waals surface area (Å²) in [7, 11) is 1.99. The number of carbonyl (C=O) groups excluding carboxylic acids is 2. The highest BCUT2D eigenvalue weighted by molar-refractivity contribution is 6.07. The van der Waals surface area contributed by atoms with Crippen LogP contribution in [0.2, 0.25) is 0 Å². The number of hydrogen-bond donors (Lipinski definition) is 0. The van der Waals surface area contributed by atoms with E-state index in [1.807, 2.05) is 60.5 Å². The first-order chi connectivity index (χ1) is 15.1. The van der Waals surface area contributed by atoms with Crippen LogP contribution >= 0.6 is 0 Å². The zero-order valence-electron chi connectivity index (χ0n) is 17.6. The lowest BCUT2D eigenvalue weighted by atomic mass is 10.1. The van der Waals surface area contributed by atoms with Crippen LogP contribution in [0.25, 0.3) is 11.0 Å². The predicted octanol–water partition coefficient (Wildman–Crippen LogP) is 3.24. The highest BCUT2D eigenvalue weighted by atomic mass is 16.2. The van der Waals surface area contributed by atoms with Crippen LogP contribution in [0, 0.1) is 0 Å². The number of amides is 2. The first-order valence-electron chi connectivity index (χ1n) is 10.8. The van der Waals surface area contributed by atoms with E-state index in [0.29, 0.717) is 30.9 Å². The molecular weight excluding hydrogens is 390 g/mol. The van der Waals surface area contributed by atoms with Crippen molar-refractivity contribution >= 4 is 34.5 Å². The quantitative estimate of drug-likeness (QED) is 0.657. The lowest BCUT2D eigenvalue weighted by Crippen LogP contribution is -2.32. The molecule has 1 aromatic heterocycles. The van der Waals surface area contributed by atoms with Gasteiger partial charge in [-0.3, -0.25) is 14.5 Å². The highest BCUT2D eigenvalue weighted by Crippen LogP contribution is 2.31. The van der Waals surface area contributed by atoms with E-state index in [1.54, 1.807) is 4.90 Å². The van der Waals surface area contributed by atoms with Crippen LogP contribution < -0.4 is 9.80 Å². The largest absolute Gasteiger partial charge is 0.357 e. The van der Waals surface area contributed by atoms with Crippen LogP contribution in [0.15, 0.2) is 48.5 Å². The van der Waals surface area contributed by atoms with Crippen LogP contribution in [0.5, 0.6) is 0 Å². The molecule has 0 aliphatic carbocycles. The maximum atomic E-state index is 13.6. The number of aromatic nitrogens is 2. The van der Waals surface area contributed by atoms with Gasteiger partial charge in [0.2, 0.25) is 5.91 Å². The molecule has 0 radical (unpaired) electrons. The third kappa shape index (κ3) is 3.71. The molecule has 7 nitrogen and oxygen atoms in total. The smallest absolute Gasteiger partial charge is 0.259 e. The summed E-state index contributed by atoms with van der Waals surface area (Å²) < 4.78 is 0. The number of carbonyl (C=O) groups is 2. The van der Waals surface area contributed by atoms with Gasteiger partial charge in [-0.2, -0.15) is 0 Å². The van der Waals surface area contributed by atoms with Gasteiger partial charge in [0.05, 0.1) is 11.0 Å². The van der Waals surface area contributed by atoms with Gasteiger partial charge in [0, 0.05) is 45.2 Å². The minimum atomic E-state index is -0.0873. The van der Waals surface area contributed by atoms with Crippen molar-refractivity contribution in [3.63, 3.8) is 0 Å². The monoisotopic (exact) mass is 415 g/mol. The molecular formula is C24H25N5O2. The zero-order valence-corrected chi connectivity index (χ0v) is 17.6. The number of nitrogens with zero attached hydrogens (tertiary/aromatic N) is 5. The van der Waals surface area contributed by atoms with Crippen molar-refractivity contribution in [3.8, 4) is 0 Å². The van der Waals surface area contributed by atoms with Gasteiger partial charge in [0.15, 0.2) is 11.6 Å². The van der Waals surface area contributed by atoms with Crippen molar-refractivity contribution < 1.29 is 9.59 Å². The van der Waals surface area contributed by atoms with Crippen molar-refractivity contribution in [2.45, 2.75) is 25.8 Å². The van der Waals surface area contributed by atoms with Crippen molar-refractivity contribution in [3.05, 3.63) is 59.7 Å². The second kappa shape index (κ2) is 7.98. The lowest BCUT2D eigenvalue weighted by molar-refractivity contribution is -0.128. The summed E-state index contributed by atoms with van der Waals surface area (Å²) in [4.78, 5) is 40.9. The van der Waals surface area contributed by atoms with Gasteiger partial charge in [-0.05, 0) is 42.7 Å². The summed E-state index contributed by atoms with van der Waals surface area (Å²) in [5.41, 5.74) is 3.17. The fraction of sp³-hybridized carbons (Fsp3) is 0.333. The van der Waals surface area contributed by atoms with Crippen molar-refractivity contribution in [1.29, 1.82) is 0 Å². The molecule has 1 saturated heterocycles. The van der Waals surface area contributed by atoms with Gasteiger partial charge in [-0.25, -0.2) is 9.97 Å². The summed E-state index contributed by atoms with van der Waals surface area (Å²) in [6.45, 7) is 2.72. The van der Waals surface area contributed by atoms with Gasteiger partial charge < -0.3 is 9.80 Å². The summed E-state index contributed by atoms with van der Waals surface area (Å²) in [6, 6.07) is 15.3. The highest BCUT2D eigenvalue weighted by Gasteiger charge is 2.28. The van der Waals surface area contributed by atoms with E-state index in [9.17, 15) is 9.59 Å². The van der Waals surface area contributed by atoms with Crippen molar-refractivity contribution in [2.24, 2.45) is 0 Å². The Bertz CT molecular complexity index is 1160. The van der Waals surface area contributed by atoms with Gasteiger partial charge in [0.25, 0.3) is 5.91 Å². The van der Waals surface area contributed by atoms with Gasteiger partial charge in [-0.1, -0.05) is 24.3 Å². The third-order valence-corrected chi connectivity index (χ3v) is 5.99. The molecule has 5 rings (SSSR count). The molecule has 158 valence electrons. The maximum absolute atomic E-state index is 13.6. The van der Waals surface area contributed by atoms with Gasteiger partial charge >= 0.3 is 0 Å². The Balaban J connectivity index is 1.49. The fourth-order valence-electron chi connectivity index (χ4n) is 4.34. The summed E-state index contributed by atoms with van der Waals surface area (Å²) in [6.07, 6.45) is 2.35. The molecule has 31 heavy (non-hydrogen) atoms. The second-order valence-electron chi connectivity index (χ2n) is 8.21. The number of fused-ring (bicyclic) bond motifs is 2. The molecule has 2 aliphatic heterocycles.